The van der Waals surface area contributed by atoms with Crippen molar-refractivity contribution in [3.63, 3.8) is 0 Å². The summed E-state index contributed by atoms with van der Waals surface area (Å²) in [5, 5.41) is 3.63. The van der Waals surface area contributed by atoms with E-state index in [9.17, 15) is 0 Å². The number of nitrogens with one attached hydrogen (secondary N) is 1. The van der Waals surface area contributed by atoms with Gasteiger partial charge in [-0.2, -0.15) is 0 Å². The van der Waals surface area contributed by atoms with Gasteiger partial charge in [0.05, 0.1) is 12.5 Å². The molecular weight excluding hydrogens is 200 g/mol. The molecule has 1 aliphatic carbocycles. The Kier molecular flexibility index (Phi) is 4.43. The van der Waals surface area contributed by atoms with E-state index in [2.05, 4.69) is 17.3 Å². The van der Waals surface area contributed by atoms with Gasteiger partial charge in [-0.15, -0.1) is 0 Å². The highest BCUT2D eigenvalue weighted by molar-refractivity contribution is 5.04. The van der Waals surface area contributed by atoms with Crippen LogP contribution in [-0.4, -0.2) is 31.1 Å². The molecule has 1 heterocycles. The fourth-order valence-electron chi connectivity index (χ4n) is 2.36. The van der Waals surface area contributed by atoms with Gasteiger partial charge < -0.3 is 14.6 Å². The summed E-state index contributed by atoms with van der Waals surface area (Å²) < 4.78 is 5.06. The molecule has 1 aliphatic rings. The highest BCUT2D eigenvalue weighted by atomic mass is 16.3. The Morgan fingerprint density at radius 1 is 1.44 bits per heavy atom. The minimum atomic E-state index is 0.780. The van der Waals surface area contributed by atoms with Crippen LogP contribution in [0.15, 0.2) is 23.0 Å². The van der Waals surface area contributed by atoms with Crippen LogP contribution >= 0.6 is 0 Å². The first kappa shape index (κ1) is 11.7. The Morgan fingerprint density at radius 3 is 2.94 bits per heavy atom. The predicted octanol–water partition coefficient (Wildman–Crippen LogP) is 2.24. The number of rotatable bonds is 6. The van der Waals surface area contributed by atoms with Crippen LogP contribution in [0.25, 0.3) is 0 Å². The number of hydrogen-bond donors (Lipinski definition) is 1. The lowest BCUT2D eigenvalue weighted by atomic mass is 10.2. The fourth-order valence-corrected chi connectivity index (χ4v) is 2.36. The van der Waals surface area contributed by atoms with Crippen LogP contribution in [0.2, 0.25) is 0 Å². The molecule has 1 aromatic rings. The topological polar surface area (TPSA) is 28.4 Å². The lowest BCUT2D eigenvalue weighted by Gasteiger charge is -2.18. The van der Waals surface area contributed by atoms with Crippen molar-refractivity contribution in [1.29, 1.82) is 0 Å². The van der Waals surface area contributed by atoms with Crippen molar-refractivity contribution in [1.82, 2.24) is 10.2 Å². The molecule has 90 valence electrons. The summed E-state index contributed by atoms with van der Waals surface area (Å²) in [4.78, 5) is 2.33. The summed E-state index contributed by atoms with van der Waals surface area (Å²) in [5.41, 5.74) is 1.25. The molecule has 3 heteroatoms. The third-order valence-corrected chi connectivity index (χ3v) is 3.31. The summed E-state index contributed by atoms with van der Waals surface area (Å²) in [6, 6.07) is 2.81. The molecule has 0 radical (unpaired) electrons. The first-order valence-electron chi connectivity index (χ1n) is 6.27. The van der Waals surface area contributed by atoms with Crippen LogP contribution in [-0.2, 0) is 6.54 Å². The monoisotopic (exact) mass is 222 g/mol. The molecule has 2 rings (SSSR count). The third-order valence-electron chi connectivity index (χ3n) is 3.31. The molecule has 1 saturated carbocycles. The standard InChI is InChI=1S/C13H22N2O/c1-15(10-12-6-9-16-11-12)8-7-14-13-4-2-3-5-13/h6,9,11,13-14H,2-5,7-8,10H2,1H3. The lowest BCUT2D eigenvalue weighted by Crippen LogP contribution is -2.34. The SMILES string of the molecule is CN(CCNC1CCCC1)Cc1ccoc1. The van der Waals surface area contributed by atoms with Crippen LogP contribution in [0.4, 0.5) is 0 Å². The Hall–Kier alpha value is -0.800. The van der Waals surface area contributed by atoms with Gasteiger partial charge in [-0.3, -0.25) is 0 Å². The average Bonchev–Trinajstić information content (AvgIpc) is 2.90. The maximum absolute atomic E-state index is 5.06. The van der Waals surface area contributed by atoms with Gasteiger partial charge in [-0.25, -0.2) is 0 Å². The largest absolute Gasteiger partial charge is 0.472 e. The van der Waals surface area contributed by atoms with Gasteiger partial charge in [0.2, 0.25) is 0 Å². The Morgan fingerprint density at radius 2 is 2.25 bits per heavy atom. The van der Waals surface area contributed by atoms with E-state index in [1.165, 1.54) is 31.2 Å². The molecule has 1 N–H and O–H groups in total. The van der Waals surface area contributed by atoms with Gasteiger partial charge in [-0.1, -0.05) is 12.8 Å². The van der Waals surface area contributed by atoms with E-state index in [1.807, 2.05) is 12.3 Å². The Balaban J connectivity index is 1.58. The zero-order valence-corrected chi connectivity index (χ0v) is 10.1. The molecule has 0 spiro atoms. The summed E-state index contributed by atoms with van der Waals surface area (Å²) in [6.45, 7) is 3.17. The Bertz CT molecular complexity index is 278. The van der Waals surface area contributed by atoms with Crippen molar-refractivity contribution in [3.8, 4) is 0 Å². The van der Waals surface area contributed by atoms with E-state index in [1.54, 1.807) is 6.26 Å². The van der Waals surface area contributed by atoms with Gasteiger partial charge in [0.25, 0.3) is 0 Å². The minimum absolute atomic E-state index is 0.780. The third kappa shape index (κ3) is 3.65. The molecule has 0 aliphatic heterocycles. The van der Waals surface area contributed by atoms with Crippen molar-refractivity contribution in [2.75, 3.05) is 20.1 Å². The molecule has 0 saturated heterocycles. The van der Waals surface area contributed by atoms with Crippen molar-refractivity contribution in [2.45, 2.75) is 38.3 Å². The molecule has 1 fully saturated rings. The van der Waals surface area contributed by atoms with Gasteiger partial charge in [0.15, 0.2) is 0 Å². The predicted molar refractivity (Wildman–Crippen MR) is 65.3 cm³/mol. The van der Waals surface area contributed by atoms with E-state index in [4.69, 9.17) is 4.42 Å². The van der Waals surface area contributed by atoms with Crippen molar-refractivity contribution >= 4 is 0 Å². The Labute approximate surface area is 97.8 Å². The second-order valence-corrected chi connectivity index (χ2v) is 4.80. The summed E-state index contributed by atoms with van der Waals surface area (Å²) in [5.74, 6) is 0. The van der Waals surface area contributed by atoms with Crippen LogP contribution in [0.3, 0.4) is 0 Å². The number of likely N-dealkylation sites (N-methyl/N-ethyl adjacent to an activating group) is 1. The number of hydrogen-bond acceptors (Lipinski definition) is 3. The van der Waals surface area contributed by atoms with Gasteiger partial charge in [0, 0.05) is 31.2 Å². The van der Waals surface area contributed by atoms with Gasteiger partial charge in [-0.05, 0) is 26.0 Å². The molecule has 0 atom stereocenters. The first-order valence-corrected chi connectivity index (χ1v) is 6.27. The first-order chi connectivity index (χ1) is 7.84. The highest BCUT2D eigenvalue weighted by Gasteiger charge is 2.13. The fraction of sp³-hybridized carbons (Fsp3) is 0.692. The maximum atomic E-state index is 5.06. The van der Waals surface area contributed by atoms with Gasteiger partial charge in [0.1, 0.15) is 0 Å². The van der Waals surface area contributed by atoms with Crippen LogP contribution < -0.4 is 5.32 Å². The smallest absolute Gasteiger partial charge is 0.0947 e. The molecule has 0 bridgehead atoms. The zero-order valence-electron chi connectivity index (χ0n) is 10.1. The zero-order chi connectivity index (χ0) is 11.2. The van der Waals surface area contributed by atoms with Crippen LogP contribution in [0, 0.1) is 0 Å². The van der Waals surface area contributed by atoms with E-state index in [0.717, 1.165) is 25.7 Å². The molecule has 0 unspecified atom stereocenters. The average molecular weight is 222 g/mol. The summed E-state index contributed by atoms with van der Waals surface area (Å²) in [6.07, 6.45) is 9.10. The highest BCUT2D eigenvalue weighted by Crippen LogP contribution is 2.17. The minimum Gasteiger partial charge on any atom is -0.472 e. The molecule has 3 nitrogen and oxygen atoms in total. The van der Waals surface area contributed by atoms with Gasteiger partial charge >= 0.3 is 0 Å². The van der Waals surface area contributed by atoms with Crippen molar-refractivity contribution in [2.24, 2.45) is 0 Å². The maximum Gasteiger partial charge on any atom is 0.0947 e. The van der Waals surface area contributed by atoms with Crippen molar-refractivity contribution in [3.05, 3.63) is 24.2 Å². The quantitative estimate of drug-likeness (QED) is 0.800. The van der Waals surface area contributed by atoms with E-state index in [0.29, 0.717) is 0 Å². The summed E-state index contributed by atoms with van der Waals surface area (Å²) in [7, 11) is 2.16. The molecule has 0 amide bonds. The van der Waals surface area contributed by atoms with Crippen LogP contribution in [0.1, 0.15) is 31.2 Å². The molecule has 0 aromatic carbocycles. The van der Waals surface area contributed by atoms with E-state index >= 15 is 0 Å². The van der Waals surface area contributed by atoms with E-state index in [-0.39, 0.29) is 0 Å². The second kappa shape index (κ2) is 6.06. The number of nitrogens with zero attached hydrogens (tertiary/aromatic N) is 1. The molecular formula is C13H22N2O. The molecule has 1 aromatic heterocycles. The van der Waals surface area contributed by atoms with Crippen LogP contribution in [0.5, 0.6) is 0 Å². The lowest BCUT2D eigenvalue weighted by molar-refractivity contribution is 0.315. The second-order valence-electron chi connectivity index (χ2n) is 4.80. The summed E-state index contributed by atoms with van der Waals surface area (Å²) >= 11 is 0. The molecule has 16 heavy (non-hydrogen) atoms. The van der Waals surface area contributed by atoms with E-state index < -0.39 is 0 Å². The van der Waals surface area contributed by atoms with Crippen molar-refractivity contribution < 1.29 is 4.42 Å². The normalized spacial score (nSPS) is 17.4. The number of furan rings is 1.